The Morgan fingerprint density at radius 1 is 1.19 bits per heavy atom. The summed E-state index contributed by atoms with van der Waals surface area (Å²) in [5, 5.41) is 0. The Balaban J connectivity index is 2.24. The second-order valence-electron chi connectivity index (χ2n) is 3.13. The third-order valence-electron chi connectivity index (χ3n) is 1.97. The molecule has 0 aromatic carbocycles. The maximum atomic E-state index is 5.53. The number of methoxy groups -OCH3 is 1. The zero-order valence-corrected chi connectivity index (χ0v) is 8.79. The molecule has 2 rings (SSSR count). The van der Waals surface area contributed by atoms with E-state index in [9.17, 15) is 0 Å². The summed E-state index contributed by atoms with van der Waals surface area (Å²) in [7, 11) is 1.49. The Hall–Kier alpha value is -2.24. The lowest BCUT2D eigenvalue weighted by Gasteiger charge is -2.03. The van der Waals surface area contributed by atoms with Crippen LogP contribution in [0.2, 0.25) is 0 Å². The highest BCUT2D eigenvalue weighted by Crippen LogP contribution is 2.08. The van der Waals surface area contributed by atoms with E-state index in [0.29, 0.717) is 12.2 Å². The molecule has 2 aromatic heterocycles. The van der Waals surface area contributed by atoms with Crippen LogP contribution in [0.5, 0.6) is 6.01 Å². The van der Waals surface area contributed by atoms with Crippen molar-refractivity contribution in [3.05, 3.63) is 35.9 Å². The van der Waals surface area contributed by atoms with Gasteiger partial charge in [0.15, 0.2) is 0 Å². The molecule has 0 unspecified atom stereocenters. The van der Waals surface area contributed by atoms with Crippen molar-refractivity contribution >= 4 is 5.95 Å². The number of aromatic nitrogens is 4. The van der Waals surface area contributed by atoms with Gasteiger partial charge in [-0.25, -0.2) is 0 Å². The van der Waals surface area contributed by atoms with Crippen LogP contribution in [0.25, 0.3) is 0 Å². The highest BCUT2D eigenvalue weighted by Gasteiger charge is 2.05. The van der Waals surface area contributed by atoms with Gasteiger partial charge in [0.2, 0.25) is 5.95 Å². The van der Waals surface area contributed by atoms with Gasteiger partial charge in [0, 0.05) is 18.8 Å². The largest absolute Gasteiger partial charge is 0.467 e. The molecular formula is C10H11N5O. The second-order valence-corrected chi connectivity index (χ2v) is 3.13. The first-order valence-electron chi connectivity index (χ1n) is 4.71. The van der Waals surface area contributed by atoms with Crippen LogP contribution >= 0.6 is 0 Å². The first-order chi connectivity index (χ1) is 7.78. The van der Waals surface area contributed by atoms with Crippen molar-refractivity contribution in [1.82, 2.24) is 19.9 Å². The van der Waals surface area contributed by atoms with Gasteiger partial charge in [-0.05, 0) is 17.7 Å². The van der Waals surface area contributed by atoms with E-state index in [0.717, 1.165) is 5.56 Å². The van der Waals surface area contributed by atoms with Crippen molar-refractivity contribution in [2.75, 3.05) is 12.8 Å². The molecule has 0 fully saturated rings. The molecule has 0 bridgehead atoms. The van der Waals surface area contributed by atoms with E-state index >= 15 is 0 Å². The SMILES string of the molecule is COc1nc(N)nc(Cc2ccncc2)n1. The summed E-state index contributed by atoms with van der Waals surface area (Å²) in [5.74, 6) is 0.742. The zero-order chi connectivity index (χ0) is 11.4. The number of anilines is 1. The van der Waals surface area contributed by atoms with E-state index < -0.39 is 0 Å². The molecule has 0 radical (unpaired) electrons. The van der Waals surface area contributed by atoms with Crippen molar-refractivity contribution in [2.45, 2.75) is 6.42 Å². The Labute approximate surface area is 92.6 Å². The average Bonchev–Trinajstić information content (AvgIpc) is 2.29. The number of hydrogen-bond donors (Lipinski definition) is 1. The third-order valence-corrected chi connectivity index (χ3v) is 1.97. The summed E-state index contributed by atoms with van der Waals surface area (Å²) < 4.78 is 4.92. The molecule has 0 amide bonds. The van der Waals surface area contributed by atoms with Gasteiger partial charge in [0.05, 0.1) is 7.11 Å². The lowest BCUT2D eigenvalue weighted by atomic mass is 10.2. The normalized spacial score (nSPS) is 10.1. The molecule has 0 aliphatic rings. The molecule has 0 aliphatic carbocycles. The Kier molecular flexibility index (Phi) is 2.90. The summed E-state index contributed by atoms with van der Waals surface area (Å²) in [6.07, 6.45) is 4.01. The van der Waals surface area contributed by atoms with E-state index in [1.807, 2.05) is 12.1 Å². The van der Waals surface area contributed by atoms with Crippen LogP contribution in [-0.4, -0.2) is 27.0 Å². The van der Waals surface area contributed by atoms with Crippen LogP contribution in [0.4, 0.5) is 5.95 Å². The molecule has 0 saturated carbocycles. The highest BCUT2D eigenvalue weighted by molar-refractivity contribution is 5.22. The molecule has 0 spiro atoms. The second kappa shape index (κ2) is 4.52. The van der Waals surface area contributed by atoms with Gasteiger partial charge in [-0.2, -0.15) is 15.0 Å². The lowest BCUT2D eigenvalue weighted by Crippen LogP contribution is -2.05. The van der Waals surface area contributed by atoms with Crippen molar-refractivity contribution in [1.29, 1.82) is 0 Å². The highest BCUT2D eigenvalue weighted by atomic mass is 16.5. The van der Waals surface area contributed by atoms with E-state index in [2.05, 4.69) is 19.9 Å². The van der Waals surface area contributed by atoms with Gasteiger partial charge in [-0.1, -0.05) is 0 Å². The summed E-state index contributed by atoms with van der Waals surface area (Å²) in [6.45, 7) is 0. The van der Waals surface area contributed by atoms with Crippen molar-refractivity contribution in [3.63, 3.8) is 0 Å². The van der Waals surface area contributed by atoms with Crippen LogP contribution in [0.1, 0.15) is 11.4 Å². The predicted molar refractivity (Wildman–Crippen MR) is 57.8 cm³/mol. The van der Waals surface area contributed by atoms with Gasteiger partial charge in [-0.15, -0.1) is 0 Å². The first kappa shape index (κ1) is 10.3. The maximum Gasteiger partial charge on any atom is 0.321 e. The van der Waals surface area contributed by atoms with Crippen LogP contribution in [0.3, 0.4) is 0 Å². The quantitative estimate of drug-likeness (QED) is 0.803. The topological polar surface area (TPSA) is 86.8 Å². The average molecular weight is 217 g/mol. The Morgan fingerprint density at radius 2 is 1.94 bits per heavy atom. The molecule has 2 aromatic rings. The molecule has 0 atom stereocenters. The maximum absolute atomic E-state index is 5.53. The van der Waals surface area contributed by atoms with Gasteiger partial charge in [-0.3, -0.25) is 4.98 Å². The number of rotatable bonds is 3. The molecule has 0 aliphatic heterocycles. The fourth-order valence-electron chi connectivity index (χ4n) is 1.27. The van der Waals surface area contributed by atoms with Gasteiger partial charge >= 0.3 is 6.01 Å². The smallest absolute Gasteiger partial charge is 0.321 e. The molecule has 82 valence electrons. The van der Waals surface area contributed by atoms with E-state index in [4.69, 9.17) is 10.5 Å². The molecular weight excluding hydrogens is 206 g/mol. The number of ether oxygens (including phenoxy) is 1. The zero-order valence-electron chi connectivity index (χ0n) is 8.79. The molecule has 2 heterocycles. The van der Waals surface area contributed by atoms with Gasteiger partial charge in [0.25, 0.3) is 0 Å². The molecule has 0 saturated heterocycles. The monoisotopic (exact) mass is 217 g/mol. The van der Waals surface area contributed by atoms with Crippen molar-refractivity contribution in [2.24, 2.45) is 0 Å². The minimum atomic E-state index is 0.163. The number of pyridine rings is 1. The third kappa shape index (κ3) is 2.41. The lowest BCUT2D eigenvalue weighted by molar-refractivity contribution is 0.377. The summed E-state index contributed by atoms with van der Waals surface area (Å²) >= 11 is 0. The minimum absolute atomic E-state index is 0.163. The molecule has 16 heavy (non-hydrogen) atoms. The summed E-state index contributed by atoms with van der Waals surface area (Å²) in [5.41, 5.74) is 6.59. The fourth-order valence-corrected chi connectivity index (χ4v) is 1.27. The van der Waals surface area contributed by atoms with Crippen LogP contribution < -0.4 is 10.5 Å². The first-order valence-corrected chi connectivity index (χ1v) is 4.71. The Morgan fingerprint density at radius 3 is 2.62 bits per heavy atom. The van der Waals surface area contributed by atoms with E-state index in [1.54, 1.807) is 12.4 Å². The molecule has 6 nitrogen and oxygen atoms in total. The van der Waals surface area contributed by atoms with Crippen molar-refractivity contribution in [3.8, 4) is 6.01 Å². The van der Waals surface area contributed by atoms with Crippen LogP contribution in [0.15, 0.2) is 24.5 Å². The van der Waals surface area contributed by atoms with E-state index in [-0.39, 0.29) is 12.0 Å². The Bertz CT molecular complexity index is 474. The minimum Gasteiger partial charge on any atom is -0.467 e. The fraction of sp³-hybridized carbons (Fsp3) is 0.200. The number of hydrogen-bond acceptors (Lipinski definition) is 6. The number of nitrogen functional groups attached to an aromatic ring is 1. The van der Waals surface area contributed by atoms with Crippen LogP contribution in [0, 0.1) is 0 Å². The summed E-state index contributed by atoms with van der Waals surface area (Å²) in [4.78, 5) is 15.9. The summed E-state index contributed by atoms with van der Waals surface area (Å²) in [6, 6.07) is 4.02. The molecule has 6 heteroatoms. The van der Waals surface area contributed by atoms with Gasteiger partial charge in [0.1, 0.15) is 5.82 Å². The van der Waals surface area contributed by atoms with Crippen LogP contribution in [-0.2, 0) is 6.42 Å². The van der Waals surface area contributed by atoms with Crippen molar-refractivity contribution < 1.29 is 4.74 Å². The molecule has 2 N–H and O–H groups in total. The predicted octanol–water partition coefficient (Wildman–Crippen LogP) is 0.448. The number of nitrogens with two attached hydrogens (primary N) is 1. The number of nitrogens with zero attached hydrogens (tertiary/aromatic N) is 4. The van der Waals surface area contributed by atoms with E-state index in [1.165, 1.54) is 7.11 Å². The van der Waals surface area contributed by atoms with Gasteiger partial charge < -0.3 is 10.5 Å². The standard InChI is InChI=1S/C10H11N5O/c1-16-10-14-8(13-9(11)15-10)6-7-2-4-12-5-3-7/h2-5H,6H2,1H3,(H2,11,13,14,15).